The van der Waals surface area contributed by atoms with Crippen molar-refractivity contribution >= 4 is 0 Å². The van der Waals surface area contributed by atoms with E-state index >= 15 is 4.39 Å². The summed E-state index contributed by atoms with van der Waals surface area (Å²) in [6.45, 7) is 2.27. The van der Waals surface area contributed by atoms with Crippen LogP contribution in [0.2, 0.25) is 0 Å². The van der Waals surface area contributed by atoms with Gasteiger partial charge in [-0.25, -0.2) is 8.78 Å². The second kappa shape index (κ2) is 8.64. The molecule has 1 saturated carbocycles. The zero-order chi connectivity index (χ0) is 17.7. The van der Waals surface area contributed by atoms with Crippen LogP contribution in [0.4, 0.5) is 8.78 Å². The summed E-state index contributed by atoms with van der Waals surface area (Å²) in [5.74, 6) is 2.07. The molecule has 2 heteroatoms. The average Bonchev–Trinajstić information content (AvgIpc) is 2.62. The molecule has 3 rings (SSSR count). The van der Waals surface area contributed by atoms with Gasteiger partial charge in [-0.2, -0.15) is 0 Å². The van der Waals surface area contributed by atoms with Gasteiger partial charge >= 0.3 is 0 Å². The number of rotatable bonds is 6. The first-order valence-corrected chi connectivity index (χ1v) is 10.5. The summed E-state index contributed by atoms with van der Waals surface area (Å²) < 4.78 is 28.5. The van der Waals surface area contributed by atoms with Crippen LogP contribution in [0.25, 0.3) is 0 Å². The lowest BCUT2D eigenvalue weighted by atomic mass is 9.69. The average molecular weight is 349 g/mol. The van der Waals surface area contributed by atoms with Crippen molar-refractivity contribution in [1.82, 2.24) is 0 Å². The molecule has 0 saturated heterocycles. The maximum absolute atomic E-state index is 15.0. The predicted molar refractivity (Wildman–Crippen MR) is 102 cm³/mol. The van der Waals surface area contributed by atoms with Gasteiger partial charge < -0.3 is 0 Å². The molecule has 0 N–H and O–H groups in total. The maximum atomic E-state index is 15.0. The molecule has 0 bridgehead atoms. The first-order chi connectivity index (χ1) is 12.1. The van der Waals surface area contributed by atoms with Crippen LogP contribution >= 0.6 is 0 Å². The predicted octanol–water partition coefficient (Wildman–Crippen LogP) is 7.62. The molecule has 0 aliphatic heterocycles. The Hall–Kier alpha value is -0.920. The van der Waals surface area contributed by atoms with E-state index < -0.39 is 11.5 Å². The van der Waals surface area contributed by atoms with E-state index in [1.807, 2.05) is 0 Å². The Morgan fingerprint density at radius 2 is 1.88 bits per heavy atom. The summed E-state index contributed by atoms with van der Waals surface area (Å²) in [6.07, 6.45) is 20.5. The van der Waals surface area contributed by atoms with E-state index in [-0.39, 0.29) is 0 Å². The Balaban J connectivity index is 1.48. The van der Waals surface area contributed by atoms with E-state index in [0.29, 0.717) is 6.42 Å². The standard InChI is InChI=1S/C23H34F2/c1-2-3-4-6-18-8-10-19(11-9-18)20-12-14-21(15-13-20)23(25)16-5-7-22(24)17-23/h5,7,14,17-20H,2-4,6,8-13,15-16H2,1H3. The fraction of sp³-hybridized carbons (Fsp3) is 0.739. The van der Waals surface area contributed by atoms with Crippen LogP contribution < -0.4 is 0 Å². The molecule has 0 aromatic heterocycles. The number of alkyl halides is 1. The van der Waals surface area contributed by atoms with Crippen LogP contribution in [0, 0.1) is 17.8 Å². The Bertz CT molecular complexity index is 522. The van der Waals surface area contributed by atoms with Crippen molar-refractivity contribution in [2.45, 2.75) is 89.6 Å². The van der Waals surface area contributed by atoms with Crippen molar-refractivity contribution < 1.29 is 8.78 Å². The van der Waals surface area contributed by atoms with Crippen molar-refractivity contribution in [3.8, 4) is 0 Å². The quantitative estimate of drug-likeness (QED) is 0.342. The van der Waals surface area contributed by atoms with Crippen LogP contribution in [0.15, 0.2) is 35.7 Å². The second-order valence-corrected chi connectivity index (χ2v) is 8.54. The molecule has 3 aliphatic rings. The van der Waals surface area contributed by atoms with Gasteiger partial charge in [-0.3, -0.25) is 0 Å². The topological polar surface area (TPSA) is 0 Å². The fourth-order valence-electron chi connectivity index (χ4n) is 5.18. The summed E-state index contributed by atoms with van der Waals surface area (Å²) in [4.78, 5) is 0. The smallest absolute Gasteiger partial charge is 0.156 e. The van der Waals surface area contributed by atoms with Crippen LogP contribution in [0.5, 0.6) is 0 Å². The van der Waals surface area contributed by atoms with Crippen LogP contribution in [-0.4, -0.2) is 5.67 Å². The molecule has 0 aromatic carbocycles. The fourth-order valence-corrected chi connectivity index (χ4v) is 5.18. The highest BCUT2D eigenvalue weighted by Gasteiger charge is 2.36. The van der Waals surface area contributed by atoms with Gasteiger partial charge in [0.1, 0.15) is 5.83 Å². The zero-order valence-corrected chi connectivity index (χ0v) is 15.8. The Morgan fingerprint density at radius 3 is 2.52 bits per heavy atom. The maximum Gasteiger partial charge on any atom is 0.156 e. The van der Waals surface area contributed by atoms with Gasteiger partial charge in [0.25, 0.3) is 0 Å². The van der Waals surface area contributed by atoms with Gasteiger partial charge in [0, 0.05) is 6.42 Å². The molecule has 0 nitrogen and oxygen atoms in total. The molecule has 0 heterocycles. The minimum atomic E-state index is -1.57. The van der Waals surface area contributed by atoms with Crippen molar-refractivity contribution in [2.75, 3.05) is 0 Å². The monoisotopic (exact) mass is 348 g/mol. The van der Waals surface area contributed by atoms with E-state index in [1.54, 1.807) is 6.08 Å². The van der Waals surface area contributed by atoms with Gasteiger partial charge in [0.05, 0.1) is 0 Å². The molecular weight excluding hydrogens is 314 g/mol. The molecule has 0 radical (unpaired) electrons. The first-order valence-electron chi connectivity index (χ1n) is 10.5. The summed E-state index contributed by atoms with van der Waals surface area (Å²) >= 11 is 0. The van der Waals surface area contributed by atoms with Gasteiger partial charge in [0.2, 0.25) is 0 Å². The molecule has 0 spiro atoms. The van der Waals surface area contributed by atoms with E-state index in [1.165, 1.54) is 63.5 Å². The molecular formula is C23H34F2. The van der Waals surface area contributed by atoms with Crippen molar-refractivity contribution in [3.63, 3.8) is 0 Å². The largest absolute Gasteiger partial charge is 0.234 e. The SMILES string of the molecule is CCCCCC1CCC(C2CC=C(C3(F)C=C(F)C=CC3)CC2)CC1. The Kier molecular flexibility index (Phi) is 6.52. The van der Waals surface area contributed by atoms with Crippen LogP contribution in [0.3, 0.4) is 0 Å². The molecule has 0 amide bonds. The number of hydrogen-bond donors (Lipinski definition) is 0. The molecule has 3 aliphatic carbocycles. The molecule has 140 valence electrons. The Labute approximate surface area is 152 Å². The van der Waals surface area contributed by atoms with Crippen molar-refractivity contribution in [3.05, 3.63) is 35.7 Å². The molecule has 2 atom stereocenters. The van der Waals surface area contributed by atoms with Gasteiger partial charge in [0.15, 0.2) is 5.67 Å². The minimum absolute atomic E-state index is 0.291. The lowest BCUT2D eigenvalue weighted by Crippen LogP contribution is -2.29. The van der Waals surface area contributed by atoms with Gasteiger partial charge in [-0.05, 0) is 67.6 Å². The first kappa shape index (κ1) is 18.9. The number of halogens is 2. The van der Waals surface area contributed by atoms with E-state index in [4.69, 9.17) is 0 Å². The van der Waals surface area contributed by atoms with E-state index in [0.717, 1.165) is 42.6 Å². The number of hydrogen-bond acceptors (Lipinski definition) is 0. The molecule has 2 unspecified atom stereocenters. The highest BCUT2D eigenvalue weighted by molar-refractivity contribution is 5.35. The van der Waals surface area contributed by atoms with Crippen molar-refractivity contribution in [1.29, 1.82) is 0 Å². The van der Waals surface area contributed by atoms with Gasteiger partial charge in [-0.1, -0.05) is 57.6 Å². The van der Waals surface area contributed by atoms with Gasteiger partial charge in [-0.15, -0.1) is 0 Å². The third-order valence-corrected chi connectivity index (χ3v) is 6.82. The third-order valence-electron chi connectivity index (χ3n) is 6.82. The molecule has 25 heavy (non-hydrogen) atoms. The lowest BCUT2D eigenvalue weighted by Gasteiger charge is -2.37. The van der Waals surface area contributed by atoms with Crippen LogP contribution in [0.1, 0.15) is 84.0 Å². The second-order valence-electron chi connectivity index (χ2n) is 8.54. The summed E-state index contributed by atoms with van der Waals surface area (Å²) in [5, 5.41) is 0. The third kappa shape index (κ3) is 4.83. The Morgan fingerprint density at radius 1 is 1.08 bits per heavy atom. The number of unbranched alkanes of at least 4 members (excludes halogenated alkanes) is 2. The molecule has 1 fully saturated rings. The van der Waals surface area contributed by atoms with Crippen LogP contribution in [-0.2, 0) is 0 Å². The number of allylic oxidation sites excluding steroid dienone is 6. The normalized spacial score (nSPS) is 36.0. The highest BCUT2D eigenvalue weighted by atomic mass is 19.1. The minimum Gasteiger partial charge on any atom is -0.234 e. The lowest BCUT2D eigenvalue weighted by molar-refractivity contribution is 0.177. The van der Waals surface area contributed by atoms with E-state index in [2.05, 4.69) is 13.0 Å². The highest BCUT2D eigenvalue weighted by Crippen LogP contribution is 2.44. The zero-order valence-electron chi connectivity index (χ0n) is 15.8. The van der Waals surface area contributed by atoms with Crippen molar-refractivity contribution in [2.24, 2.45) is 17.8 Å². The molecule has 0 aromatic rings. The summed E-state index contributed by atoms with van der Waals surface area (Å²) in [7, 11) is 0. The summed E-state index contributed by atoms with van der Waals surface area (Å²) in [6, 6.07) is 0. The summed E-state index contributed by atoms with van der Waals surface area (Å²) in [5.41, 5.74) is -0.753. The van der Waals surface area contributed by atoms with E-state index in [9.17, 15) is 4.39 Å².